The summed E-state index contributed by atoms with van der Waals surface area (Å²) in [5, 5.41) is 2.87. The van der Waals surface area contributed by atoms with Crippen molar-refractivity contribution in [2.75, 3.05) is 0 Å². The highest BCUT2D eigenvalue weighted by Crippen LogP contribution is 2.45. The third-order valence-electron chi connectivity index (χ3n) is 5.11. The molecule has 0 bridgehead atoms. The molecule has 3 aromatic rings. The van der Waals surface area contributed by atoms with Gasteiger partial charge in [-0.15, -0.1) is 0 Å². The molecule has 3 aromatic carbocycles. The van der Waals surface area contributed by atoms with Gasteiger partial charge in [-0.1, -0.05) is 53.1 Å². The molecule has 1 nitrogen and oxygen atoms in total. The minimum atomic E-state index is -2.97. The van der Waals surface area contributed by atoms with Crippen LogP contribution in [0, 0.1) is 41.5 Å². The molecule has 0 fully saturated rings. The molecule has 0 aliphatic heterocycles. The molecule has 0 atom stereocenters. The van der Waals surface area contributed by atoms with Crippen LogP contribution in [0.15, 0.2) is 54.6 Å². The maximum Gasteiger partial charge on any atom is 0.171 e. The quantitative estimate of drug-likeness (QED) is 0.587. The molecular formula is C24H27OP. The molecule has 0 aliphatic rings. The van der Waals surface area contributed by atoms with Gasteiger partial charge in [0.2, 0.25) is 0 Å². The smallest absolute Gasteiger partial charge is 0.171 e. The van der Waals surface area contributed by atoms with Gasteiger partial charge in [-0.3, -0.25) is 0 Å². The van der Waals surface area contributed by atoms with Crippen LogP contribution >= 0.6 is 7.14 Å². The molecule has 0 aliphatic carbocycles. The van der Waals surface area contributed by atoms with E-state index in [1.54, 1.807) is 0 Å². The van der Waals surface area contributed by atoms with Crippen LogP contribution in [0.3, 0.4) is 0 Å². The van der Waals surface area contributed by atoms with E-state index in [-0.39, 0.29) is 0 Å². The lowest BCUT2D eigenvalue weighted by Gasteiger charge is -2.26. The summed E-state index contributed by atoms with van der Waals surface area (Å²) in [7, 11) is -2.97. The maximum absolute atomic E-state index is 14.9. The molecule has 3 rings (SSSR count). The van der Waals surface area contributed by atoms with Gasteiger partial charge in [0, 0.05) is 15.9 Å². The molecule has 0 aromatic heterocycles. The van der Waals surface area contributed by atoms with Crippen LogP contribution in [-0.2, 0) is 4.57 Å². The van der Waals surface area contributed by atoms with Crippen LogP contribution in [-0.4, -0.2) is 0 Å². The van der Waals surface area contributed by atoms with Gasteiger partial charge in [0.15, 0.2) is 7.14 Å². The van der Waals surface area contributed by atoms with Gasteiger partial charge in [-0.2, -0.15) is 0 Å². The Labute approximate surface area is 157 Å². The van der Waals surface area contributed by atoms with E-state index in [1.807, 2.05) is 0 Å². The fourth-order valence-electron chi connectivity index (χ4n) is 3.57. The molecule has 0 radical (unpaired) electrons. The summed E-state index contributed by atoms with van der Waals surface area (Å²) in [5.74, 6) is 0. The summed E-state index contributed by atoms with van der Waals surface area (Å²) in [5.41, 5.74) is 6.67. The van der Waals surface area contributed by atoms with E-state index >= 15 is 0 Å². The number of benzene rings is 3. The maximum atomic E-state index is 14.9. The molecule has 0 spiro atoms. The van der Waals surface area contributed by atoms with Crippen LogP contribution in [0.2, 0.25) is 0 Å². The van der Waals surface area contributed by atoms with Crippen LogP contribution in [0.25, 0.3) is 0 Å². The van der Waals surface area contributed by atoms with Crippen molar-refractivity contribution >= 4 is 23.1 Å². The Morgan fingerprint density at radius 3 is 1.04 bits per heavy atom. The summed E-state index contributed by atoms with van der Waals surface area (Å²) in [6.07, 6.45) is 0. The predicted molar refractivity (Wildman–Crippen MR) is 114 cm³/mol. The van der Waals surface area contributed by atoms with E-state index in [9.17, 15) is 4.57 Å². The first kappa shape index (κ1) is 18.7. The zero-order valence-electron chi connectivity index (χ0n) is 16.6. The van der Waals surface area contributed by atoms with E-state index in [4.69, 9.17) is 0 Å². The Kier molecular flexibility index (Phi) is 4.95. The average molecular weight is 362 g/mol. The van der Waals surface area contributed by atoms with E-state index in [0.717, 1.165) is 49.3 Å². The molecule has 2 heteroatoms. The SMILES string of the molecule is Cc1ccc(C)c(P(=O)(c2cc(C)ccc2C)c2cc(C)ccc2C)c1. The minimum Gasteiger partial charge on any atom is -0.309 e. The van der Waals surface area contributed by atoms with Crippen LogP contribution in [0.4, 0.5) is 0 Å². The van der Waals surface area contributed by atoms with Crippen molar-refractivity contribution < 1.29 is 4.57 Å². The monoisotopic (exact) mass is 362 g/mol. The predicted octanol–water partition coefficient (Wildman–Crippen LogP) is 5.18. The second kappa shape index (κ2) is 6.89. The summed E-state index contributed by atoms with van der Waals surface area (Å²) in [6.45, 7) is 12.4. The normalized spacial score (nSPS) is 11.6. The van der Waals surface area contributed by atoms with E-state index in [2.05, 4.69) is 96.1 Å². The number of hydrogen-bond donors (Lipinski definition) is 0. The highest BCUT2D eigenvalue weighted by Gasteiger charge is 2.34. The topological polar surface area (TPSA) is 17.1 Å². The number of rotatable bonds is 3. The molecule has 0 saturated carbocycles. The largest absolute Gasteiger partial charge is 0.309 e. The lowest BCUT2D eigenvalue weighted by atomic mass is 10.2. The summed E-state index contributed by atoms with van der Waals surface area (Å²) < 4.78 is 14.9. The van der Waals surface area contributed by atoms with Gasteiger partial charge in [0.1, 0.15) is 0 Å². The van der Waals surface area contributed by atoms with Gasteiger partial charge >= 0.3 is 0 Å². The second-order valence-electron chi connectivity index (χ2n) is 7.48. The molecule has 0 N–H and O–H groups in total. The van der Waals surface area contributed by atoms with Crippen molar-refractivity contribution in [3.63, 3.8) is 0 Å². The zero-order valence-corrected chi connectivity index (χ0v) is 17.4. The van der Waals surface area contributed by atoms with Crippen molar-refractivity contribution in [1.82, 2.24) is 0 Å². The fourth-order valence-corrected chi connectivity index (χ4v) is 7.21. The highest BCUT2D eigenvalue weighted by atomic mass is 31.2. The Morgan fingerprint density at radius 2 is 0.769 bits per heavy atom. The van der Waals surface area contributed by atoms with Gasteiger partial charge in [0.05, 0.1) is 0 Å². The van der Waals surface area contributed by atoms with Gasteiger partial charge in [0.25, 0.3) is 0 Å². The van der Waals surface area contributed by atoms with Gasteiger partial charge in [-0.05, 0) is 76.4 Å². The van der Waals surface area contributed by atoms with Crippen LogP contribution < -0.4 is 15.9 Å². The van der Waals surface area contributed by atoms with Gasteiger partial charge in [-0.25, -0.2) is 0 Å². The Morgan fingerprint density at radius 1 is 0.500 bits per heavy atom. The van der Waals surface area contributed by atoms with Crippen LogP contribution in [0.5, 0.6) is 0 Å². The van der Waals surface area contributed by atoms with Crippen molar-refractivity contribution in [1.29, 1.82) is 0 Å². The molecule has 0 amide bonds. The highest BCUT2D eigenvalue weighted by molar-refractivity contribution is 7.85. The summed E-state index contributed by atoms with van der Waals surface area (Å²) in [6, 6.07) is 18.9. The lowest BCUT2D eigenvalue weighted by Crippen LogP contribution is -2.30. The third-order valence-corrected chi connectivity index (χ3v) is 8.59. The molecular weight excluding hydrogens is 335 g/mol. The van der Waals surface area contributed by atoms with Crippen LogP contribution in [0.1, 0.15) is 33.4 Å². The van der Waals surface area contributed by atoms with E-state index in [0.29, 0.717) is 0 Å². The first-order chi connectivity index (χ1) is 12.2. The summed E-state index contributed by atoms with van der Waals surface area (Å²) >= 11 is 0. The number of aryl methyl sites for hydroxylation is 6. The third kappa shape index (κ3) is 3.17. The molecule has 0 heterocycles. The van der Waals surface area contributed by atoms with Crippen molar-refractivity contribution in [3.05, 3.63) is 88.0 Å². The second-order valence-corrected chi connectivity index (χ2v) is 10.1. The van der Waals surface area contributed by atoms with Crippen molar-refractivity contribution in [2.24, 2.45) is 0 Å². The minimum absolute atomic E-state index is 0.958. The first-order valence-electron chi connectivity index (χ1n) is 9.07. The standard InChI is InChI=1S/C24H27OP/c1-16-7-10-19(4)22(13-16)26(25,23-14-17(2)8-11-20(23)5)24-15-18(3)9-12-21(24)6/h7-15H,1-6H3. The molecule has 134 valence electrons. The Balaban J connectivity index is 2.47. The van der Waals surface area contributed by atoms with Gasteiger partial charge < -0.3 is 4.57 Å². The Hall–Kier alpha value is -2.11. The molecule has 26 heavy (non-hydrogen) atoms. The number of hydrogen-bond acceptors (Lipinski definition) is 1. The molecule has 0 unspecified atom stereocenters. The Bertz CT molecular complexity index is 898. The van der Waals surface area contributed by atoms with E-state index in [1.165, 1.54) is 0 Å². The zero-order chi connectivity index (χ0) is 19.1. The van der Waals surface area contributed by atoms with E-state index < -0.39 is 7.14 Å². The fraction of sp³-hybridized carbons (Fsp3) is 0.250. The molecule has 0 saturated heterocycles. The average Bonchev–Trinajstić information content (AvgIpc) is 2.60. The van der Waals surface area contributed by atoms with Crippen molar-refractivity contribution in [3.8, 4) is 0 Å². The first-order valence-corrected chi connectivity index (χ1v) is 10.8. The summed E-state index contributed by atoms with van der Waals surface area (Å²) in [4.78, 5) is 0. The van der Waals surface area contributed by atoms with Crippen molar-refractivity contribution in [2.45, 2.75) is 41.5 Å². The lowest BCUT2D eigenvalue weighted by molar-refractivity contribution is 0.592.